The highest BCUT2D eigenvalue weighted by Gasteiger charge is 2.24. The average Bonchev–Trinajstić information content (AvgIpc) is 2.40. The second kappa shape index (κ2) is 7.47. The monoisotopic (exact) mass is 299 g/mol. The molecule has 0 aliphatic carbocycles. The number of nitrogens with zero attached hydrogens (tertiary/aromatic N) is 1. The van der Waals surface area contributed by atoms with Crippen LogP contribution in [0.25, 0.3) is 0 Å². The van der Waals surface area contributed by atoms with E-state index < -0.39 is 23.7 Å². The quantitative estimate of drug-likeness (QED) is 0.840. The molecule has 0 aliphatic rings. The maximum atomic E-state index is 13.9. The van der Waals surface area contributed by atoms with Crippen LogP contribution in [0.1, 0.15) is 25.5 Å². The molecule has 21 heavy (non-hydrogen) atoms. The lowest BCUT2D eigenvalue weighted by atomic mass is 10.0. The Kier molecular flexibility index (Phi) is 6.23. The van der Waals surface area contributed by atoms with Crippen LogP contribution in [-0.4, -0.2) is 37.5 Å². The summed E-state index contributed by atoms with van der Waals surface area (Å²) in [5, 5.41) is 2.66. The predicted molar refractivity (Wildman–Crippen MR) is 78.6 cm³/mol. The SMILES string of the molecule is CC(C)[C@H](N)C(=O)NCC(c1c(F)cccc1F)N(C)C. The molecule has 1 rings (SSSR count). The number of likely N-dealkylation sites (N-methyl/N-ethyl adjacent to an activating group) is 1. The number of amides is 1. The van der Waals surface area contributed by atoms with Crippen molar-refractivity contribution in [3.63, 3.8) is 0 Å². The molecule has 1 aromatic carbocycles. The largest absolute Gasteiger partial charge is 0.353 e. The number of carbonyl (C=O) groups is 1. The first-order chi connectivity index (χ1) is 9.75. The summed E-state index contributed by atoms with van der Waals surface area (Å²) in [5.41, 5.74) is 5.69. The van der Waals surface area contributed by atoms with Gasteiger partial charge in [-0.2, -0.15) is 0 Å². The fourth-order valence-corrected chi connectivity index (χ4v) is 1.99. The first kappa shape index (κ1) is 17.5. The molecule has 4 nitrogen and oxygen atoms in total. The van der Waals surface area contributed by atoms with Crippen LogP contribution in [0, 0.1) is 17.6 Å². The van der Waals surface area contributed by atoms with Gasteiger partial charge in [-0.25, -0.2) is 8.78 Å². The highest BCUT2D eigenvalue weighted by molar-refractivity contribution is 5.81. The number of hydrogen-bond acceptors (Lipinski definition) is 3. The molecule has 1 amide bonds. The second-order valence-electron chi connectivity index (χ2n) is 5.63. The molecular weight excluding hydrogens is 276 g/mol. The summed E-state index contributed by atoms with van der Waals surface area (Å²) < 4.78 is 27.7. The van der Waals surface area contributed by atoms with E-state index in [0.29, 0.717) is 0 Å². The van der Waals surface area contributed by atoms with Crippen molar-refractivity contribution in [2.45, 2.75) is 25.9 Å². The van der Waals surface area contributed by atoms with E-state index >= 15 is 0 Å². The van der Waals surface area contributed by atoms with Crippen LogP contribution >= 0.6 is 0 Å². The zero-order valence-electron chi connectivity index (χ0n) is 12.9. The second-order valence-corrected chi connectivity index (χ2v) is 5.63. The third kappa shape index (κ3) is 4.47. The molecule has 0 fully saturated rings. The fourth-order valence-electron chi connectivity index (χ4n) is 1.99. The number of rotatable bonds is 6. The number of benzene rings is 1. The van der Waals surface area contributed by atoms with Gasteiger partial charge >= 0.3 is 0 Å². The molecule has 3 N–H and O–H groups in total. The van der Waals surface area contributed by atoms with E-state index in [-0.39, 0.29) is 23.9 Å². The summed E-state index contributed by atoms with van der Waals surface area (Å²) in [4.78, 5) is 13.5. The van der Waals surface area contributed by atoms with Crippen molar-refractivity contribution < 1.29 is 13.6 Å². The van der Waals surface area contributed by atoms with E-state index in [9.17, 15) is 13.6 Å². The Balaban J connectivity index is 2.87. The lowest BCUT2D eigenvalue weighted by molar-refractivity contribution is -0.123. The zero-order valence-corrected chi connectivity index (χ0v) is 12.9. The Morgan fingerprint density at radius 1 is 1.29 bits per heavy atom. The first-order valence-electron chi connectivity index (χ1n) is 6.89. The molecular formula is C15H23F2N3O. The van der Waals surface area contributed by atoms with E-state index in [1.807, 2.05) is 13.8 Å². The van der Waals surface area contributed by atoms with Gasteiger partial charge in [0.05, 0.1) is 12.1 Å². The normalized spacial score (nSPS) is 14.3. The lowest BCUT2D eigenvalue weighted by Gasteiger charge is -2.26. The topological polar surface area (TPSA) is 58.4 Å². The Hall–Kier alpha value is -1.53. The smallest absolute Gasteiger partial charge is 0.237 e. The standard InChI is InChI=1S/C15H23F2N3O/c1-9(2)14(18)15(21)19-8-12(20(3)4)13-10(16)6-5-7-11(13)17/h5-7,9,12,14H,8,18H2,1-4H3,(H,19,21)/t12?,14-/m0/s1. The van der Waals surface area contributed by atoms with Gasteiger partial charge in [-0.3, -0.25) is 4.79 Å². The van der Waals surface area contributed by atoms with Gasteiger partial charge in [0.1, 0.15) is 11.6 Å². The van der Waals surface area contributed by atoms with E-state index in [1.165, 1.54) is 18.2 Å². The minimum Gasteiger partial charge on any atom is -0.353 e. The summed E-state index contributed by atoms with van der Waals surface area (Å²) in [6.07, 6.45) is 0. The van der Waals surface area contributed by atoms with Crippen LogP contribution < -0.4 is 11.1 Å². The maximum Gasteiger partial charge on any atom is 0.237 e. The van der Waals surface area contributed by atoms with Crippen molar-refractivity contribution in [3.8, 4) is 0 Å². The summed E-state index contributed by atoms with van der Waals surface area (Å²) in [6.45, 7) is 3.76. The summed E-state index contributed by atoms with van der Waals surface area (Å²) >= 11 is 0. The highest BCUT2D eigenvalue weighted by Crippen LogP contribution is 2.23. The van der Waals surface area contributed by atoms with Crippen LogP contribution in [0.15, 0.2) is 18.2 Å². The van der Waals surface area contributed by atoms with Gasteiger partial charge < -0.3 is 16.0 Å². The molecule has 0 heterocycles. The summed E-state index contributed by atoms with van der Waals surface area (Å²) in [6, 6.07) is 2.48. The molecule has 0 saturated carbocycles. The van der Waals surface area contributed by atoms with E-state index in [1.54, 1.807) is 19.0 Å². The van der Waals surface area contributed by atoms with Crippen molar-refractivity contribution in [1.82, 2.24) is 10.2 Å². The van der Waals surface area contributed by atoms with Crippen LogP contribution in [0.4, 0.5) is 8.78 Å². The molecule has 0 aromatic heterocycles. The molecule has 6 heteroatoms. The van der Waals surface area contributed by atoms with E-state index in [0.717, 1.165) is 0 Å². The van der Waals surface area contributed by atoms with Crippen molar-refractivity contribution >= 4 is 5.91 Å². The van der Waals surface area contributed by atoms with Crippen LogP contribution in [0.2, 0.25) is 0 Å². The molecule has 2 atom stereocenters. The highest BCUT2D eigenvalue weighted by atomic mass is 19.1. The molecule has 0 bridgehead atoms. The minimum absolute atomic E-state index is 0.00648. The number of hydrogen-bond donors (Lipinski definition) is 2. The number of nitrogens with two attached hydrogens (primary N) is 1. The molecule has 1 aromatic rings. The van der Waals surface area contributed by atoms with Gasteiger partial charge in [-0.1, -0.05) is 19.9 Å². The number of halogens is 2. The molecule has 0 radical (unpaired) electrons. The summed E-state index contributed by atoms with van der Waals surface area (Å²) in [7, 11) is 3.40. The average molecular weight is 299 g/mol. The Morgan fingerprint density at radius 2 is 1.81 bits per heavy atom. The van der Waals surface area contributed by atoms with Crippen LogP contribution in [0.3, 0.4) is 0 Å². The fraction of sp³-hybridized carbons (Fsp3) is 0.533. The van der Waals surface area contributed by atoms with Gasteiger partial charge in [-0.15, -0.1) is 0 Å². The molecule has 0 saturated heterocycles. The third-order valence-electron chi connectivity index (χ3n) is 3.45. The van der Waals surface area contributed by atoms with E-state index in [4.69, 9.17) is 5.73 Å². The molecule has 1 unspecified atom stereocenters. The first-order valence-corrected chi connectivity index (χ1v) is 6.89. The third-order valence-corrected chi connectivity index (χ3v) is 3.45. The van der Waals surface area contributed by atoms with Crippen LogP contribution in [0.5, 0.6) is 0 Å². The maximum absolute atomic E-state index is 13.9. The van der Waals surface area contributed by atoms with Gasteiger partial charge in [0.2, 0.25) is 5.91 Å². The van der Waals surface area contributed by atoms with E-state index in [2.05, 4.69) is 5.32 Å². The lowest BCUT2D eigenvalue weighted by Crippen LogP contribution is -2.46. The Labute approximate surface area is 124 Å². The van der Waals surface area contributed by atoms with Gasteiger partial charge in [0.15, 0.2) is 0 Å². The molecule has 0 spiro atoms. The Morgan fingerprint density at radius 3 is 2.24 bits per heavy atom. The van der Waals surface area contributed by atoms with Crippen molar-refractivity contribution in [1.29, 1.82) is 0 Å². The predicted octanol–water partition coefficient (Wildman–Crippen LogP) is 1.67. The number of nitrogens with one attached hydrogen (secondary N) is 1. The van der Waals surface area contributed by atoms with Crippen molar-refractivity contribution in [3.05, 3.63) is 35.4 Å². The van der Waals surface area contributed by atoms with Gasteiger partial charge in [0, 0.05) is 12.1 Å². The molecule has 118 valence electrons. The van der Waals surface area contributed by atoms with Crippen LogP contribution in [-0.2, 0) is 4.79 Å². The van der Waals surface area contributed by atoms with Crippen molar-refractivity contribution in [2.75, 3.05) is 20.6 Å². The van der Waals surface area contributed by atoms with Gasteiger partial charge in [0.25, 0.3) is 0 Å². The summed E-state index contributed by atoms with van der Waals surface area (Å²) in [5.74, 6) is -1.59. The van der Waals surface area contributed by atoms with Crippen molar-refractivity contribution in [2.24, 2.45) is 11.7 Å². The minimum atomic E-state index is -0.640. The molecule has 0 aliphatic heterocycles. The Bertz CT molecular complexity index is 472. The number of carbonyl (C=O) groups excluding carboxylic acids is 1. The zero-order chi connectivity index (χ0) is 16.2. The van der Waals surface area contributed by atoms with Gasteiger partial charge in [-0.05, 0) is 32.1 Å².